The van der Waals surface area contributed by atoms with Crippen LogP contribution < -0.4 is 3.27 Å². The summed E-state index contributed by atoms with van der Waals surface area (Å²) in [6, 6.07) is 6.59. The molecule has 48 valence electrons. The molecule has 4 heteroatoms. The van der Waals surface area contributed by atoms with Crippen molar-refractivity contribution in [3.8, 4) is 0 Å². The van der Waals surface area contributed by atoms with Gasteiger partial charge in [-0.25, -0.2) is 0 Å². The van der Waals surface area contributed by atoms with E-state index in [1.165, 1.54) is 12.1 Å². The van der Waals surface area contributed by atoms with Crippen molar-refractivity contribution in [1.29, 1.82) is 0 Å². The first-order valence-corrected chi connectivity index (χ1v) is 4.37. The van der Waals surface area contributed by atoms with Gasteiger partial charge in [-0.2, -0.15) is 0 Å². The van der Waals surface area contributed by atoms with E-state index in [0.29, 0.717) is 0 Å². The molecule has 0 aliphatic carbocycles. The van der Waals surface area contributed by atoms with Crippen LogP contribution in [-0.4, -0.2) is 29.6 Å². The van der Waals surface area contributed by atoms with Gasteiger partial charge < -0.3 is 0 Å². The van der Waals surface area contributed by atoms with Crippen molar-refractivity contribution < 1.29 is 4.92 Å². The second-order valence-corrected chi connectivity index (χ2v) is 3.78. The number of nitro benzene ring substituents is 1. The van der Waals surface area contributed by atoms with Crippen LogP contribution in [0.4, 0.5) is 5.69 Å². The Balaban J connectivity index is 3.00. The second kappa shape index (κ2) is 3.06. The molecule has 0 unspecified atom stereocenters. The molecule has 3 nitrogen and oxygen atoms in total. The van der Waals surface area contributed by atoms with Crippen molar-refractivity contribution >= 4 is 33.7 Å². The first-order chi connectivity index (χ1) is 4.70. The van der Waals surface area contributed by atoms with Crippen LogP contribution in [0.3, 0.4) is 0 Å². The average molecular weight is 331 g/mol. The standard InChI is InChI=1S/C6H4NO2.Bi/c8-7(9)6-4-2-1-3-5-6;/h2-5H;/q;+2. The van der Waals surface area contributed by atoms with Gasteiger partial charge in [0.05, 0.1) is 0 Å². The molecule has 0 aliphatic heterocycles. The Bertz CT molecular complexity index is 244. The molecule has 2 radical (unpaired) electrons. The van der Waals surface area contributed by atoms with Crippen LogP contribution >= 0.6 is 0 Å². The van der Waals surface area contributed by atoms with Gasteiger partial charge in [0.2, 0.25) is 0 Å². The third-order valence-electron chi connectivity index (χ3n) is 1.06. The van der Waals surface area contributed by atoms with E-state index < -0.39 is 4.92 Å². The molecule has 10 heavy (non-hydrogen) atoms. The van der Waals surface area contributed by atoms with Crippen molar-refractivity contribution in [3.63, 3.8) is 0 Å². The fourth-order valence-corrected chi connectivity index (χ4v) is 1.15. The van der Waals surface area contributed by atoms with Crippen LogP contribution in [0.15, 0.2) is 24.3 Å². The number of nitro groups is 1. The van der Waals surface area contributed by atoms with E-state index in [1.807, 2.05) is 0 Å². The fraction of sp³-hybridized carbons (Fsp3) is 0. The predicted octanol–water partition coefficient (Wildman–Crippen LogP) is 0.389. The molecular weight excluding hydrogens is 327 g/mol. The van der Waals surface area contributed by atoms with Gasteiger partial charge in [0.15, 0.2) is 0 Å². The molecule has 0 heterocycles. The van der Waals surface area contributed by atoms with E-state index in [2.05, 4.69) is 0 Å². The van der Waals surface area contributed by atoms with Crippen LogP contribution in [0.2, 0.25) is 0 Å². The summed E-state index contributed by atoms with van der Waals surface area (Å²) in [5, 5.41) is 10.1. The third-order valence-corrected chi connectivity index (χ3v) is 2.22. The molecular formula is C6H4BiNO2+2. The number of nitrogens with zero attached hydrogens (tertiary/aromatic N) is 1. The molecule has 1 aromatic carbocycles. The van der Waals surface area contributed by atoms with Gasteiger partial charge in [-0.05, 0) is 0 Å². The zero-order valence-corrected chi connectivity index (χ0v) is 8.50. The van der Waals surface area contributed by atoms with E-state index in [0.717, 1.165) is 28.0 Å². The summed E-state index contributed by atoms with van der Waals surface area (Å²) >= 11 is 1.13. The Hall–Kier alpha value is -0.497. The van der Waals surface area contributed by atoms with Gasteiger partial charge in [0, 0.05) is 0 Å². The topological polar surface area (TPSA) is 43.1 Å². The third kappa shape index (κ3) is 1.74. The van der Waals surface area contributed by atoms with Crippen molar-refractivity contribution in [2.75, 3.05) is 0 Å². The van der Waals surface area contributed by atoms with Crippen LogP contribution in [0.25, 0.3) is 0 Å². The van der Waals surface area contributed by atoms with Crippen LogP contribution in [0.5, 0.6) is 0 Å². The summed E-state index contributed by atoms with van der Waals surface area (Å²) in [6.07, 6.45) is 0. The van der Waals surface area contributed by atoms with Gasteiger partial charge in [-0.15, -0.1) is 0 Å². The summed E-state index contributed by atoms with van der Waals surface area (Å²) in [4.78, 5) is 9.74. The van der Waals surface area contributed by atoms with Gasteiger partial charge in [-0.3, -0.25) is 0 Å². The summed E-state index contributed by atoms with van der Waals surface area (Å²) in [5.74, 6) is 0. The number of benzene rings is 1. The molecule has 0 saturated carbocycles. The van der Waals surface area contributed by atoms with Crippen molar-refractivity contribution in [1.82, 2.24) is 0 Å². The van der Waals surface area contributed by atoms with Gasteiger partial charge >= 0.3 is 73.0 Å². The zero-order valence-electron chi connectivity index (χ0n) is 5.02. The minimum absolute atomic E-state index is 0.162. The van der Waals surface area contributed by atoms with Crippen molar-refractivity contribution in [2.45, 2.75) is 0 Å². The predicted molar refractivity (Wildman–Crippen MR) is 38.5 cm³/mol. The summed E-state index contributed by atoms with van der Waals surface area (Å²) in [5.41, 5.74) is 0.162. The van der Waals surface area contributed by atoms with Crippen LogP contribution in [0, 0.1) is 10.1 Å². The number of rotatable bonds is 1. The Morgan fingerprint density at radius 2 is 1.80 bits per heavy atom. The van der Waals surface area contributed by atoms with E-state index in [4.69, 9.17) is 0 Å². The molecule has 0 N–H and O–H groups in total. The molecule has 1 aromatic rings. The van der Waals surface area contributed by atoms with E-state index in [-0.39, 0.29) is 5.69 Å². The molecule has 0 saturated heterocycles. The molecule has 0 fully saturated rings. The van der Waals surface area contributed by atoms with Gasteiger partial charge in [0.25, 0.3) is 0 Å². The van der Waals surface area contributed by atoms with Crippen LogP contribution in [-0.2, 0) is 0 Å². The Morgan fingerprint density at radius 3 is 2.20 bits per heavy atom. The molecule has 0 aliphatic rings. The maximum atomic E-state index is 10.1. The maximum absolute atomic E-state index is 10.1. The molecule has 0 atom stereocenters. The molecule has 0 spiro atoms. The number of non-ortho nitro benzene ring substituents is 1. The van der Waals surface area contributed by atoms with Gasteiger partial charge in [-0.1, -0.05) is 0 Å². The van der Waals surface area contributed by atoms with E-state index in [1.54, 1.807) is 12.1 Å². The molecule has 0 amide bonds. The zero-order chi connectivity index (χ0) is 7.56. The fourth-order valence-electron chi connectivity index (χ4n) is 0.574. The monoisotopic (exact) mass is 331 g/mol. The van der Waals surface area contributed by atoms with Crippen molar-refractivity contribution in [3.05, 3.63) is 34.4 Å². The summed E-state index contributed by atoms with van der Waals surface area (Å²) in [7, 11) is 0. The first-order valence-electron chi connectivity index (χ1n) is 2.63. The van der Waals surface area contributed by atoms with E-state index in [9.17, 15) is 10.1 Å². The van der Waals surface area contributed by atoms with Crippen molar-refractivity contribution in [2.24, 2.45) is 0 Å². The summed E-state index contributed by atoms with van der Waals surface area (Å²) < 4.78 is 1.14. The SMILES string of the molecule is O=[N+]([O-])c1cc[c]([Bi+2])cc1. The average Bonchev–Trinajstić information content (AvgIpc) is 1.88. The first kappa shape index (κ1) is 7.61. The van der Waals surface area contributed by atoms with Gasteiger partial charge in [0.1, 0.15) is 0 Å². The Morgan fingerprint density at radius 1 is 1.30 bits per heavy atom. The molecule has 0 bridgehead atoms. The Kier molecular flexibility index (Phi) is 2.33. The number of hydrogen-bond acceptors (Lipinski definition) is 2. The minimum atomic E-state index is -0.391. The molecule has 1 rings (SSSR count). The van der Waals surface area contributed by atoms with E-state index >= 15 is 0 Å². The van der Waals surface area contributed by atoms with Crippen LogP contribution in [0.1, 0.15) is 0 Å². The quantitative estimate of drug-likeness (QED) is 0.425. The normalized spacial score (nSPS) is 9.20. The summed E-state index contributed by atoms with van der Waals surface area (Å²) in [6.45, 7) is 0. The molecule has 0 aromatic heterocycles. The second-order valence-electron chi connectivity index (χ2n) is 1.77. The number of hydrogen-bond donors (Lipinski definition) is 0. The Labute approximate surface area is 73.1 Å².